The van der Waals surface area contributed by atoms with Crippen LogP contribution in [0.5, 0.6) is 0 Å². The summed E-state index contributed by atoms with van der Waals surface area (Å²) in [6.07, 6.45) is 7.12. The third-order valence-corrected chi connectivity index (χ3v) is 7.91. The number of anilines is 1. The van der Waals surface area contributed by atoms with Gasteiger partial charge < -0.3 is 26.0 Å². The fourth-order valence-corrected chi connectivity index (χ4v) is 5.71. The van der Waals surface area contributed by atoms with Gasteiger partial charge in [0, 0.05) is 31.6 Å². The first-order chi connectivity index (χ1) is 18.2. The third kappa shape index (κ3) is 7.82. The van der Waals surface area contributed by atoms with Crippen molar-refractivity contribution in [2.24, 2.45) is 23.5 Å². The van der Waals surface area contributed by atoms with Crippen molar-refractivity contribution in [3.63, 3.8) is 0 Å². The summed E-state index contributed by atoms with van der Waals surface area (Å²) in [5.41, 5.74) is 6.84. The maximum Gasteiger partial charge on any atom is 0.407 e. The van der Waals surface area contributed by atoms with Gasteiger partial charge in [-0.2, -0.15) is 0 Å². The lowest BCUT2D eigenvalue weighted by Gasteiger charge is -2.33. The number of ether oxygens (including phenoxy) is 1. The van der Waals surface area contributed by atoms with Crippen molar-refractivity contribution in [1.29, 1.82) is 0 Å². The minimum Gasteiger partial charge on any atom is -0.444 e. The van der Waals surface area contributed by atoms with E-state index in [1.54, 1.807) is 0 Å². The molecular formula is C30H45N5O3. The summed E-state index contributed by atoms with van der Waals surface area (Å²) in [7, 11) is 0. The number of carbonyl (C=O) groups excluding carboxylic acids is 2. The summed E-state index contributed by atoms with van der Waals surface area (Å²) in [4.78, 5) is 32.6. The molecule has 1 aliphatic heterocycles. The quantitative estimate of drug-likeness (QED) is 0.456. The summed E-state index contributed by atoms with van der Waals surface area (Å²) in [5.74, 6) is 2.44. The highest BCUT2D eigenvalue weighted by molar-refractivity contribution is 6.07. The molecule has 8 nitrogen and oxygen atoms in total. The second kappa shape index (κ2) is 12.8. The number of alkyl carbamates (subject to hydrolysis) is 1. The molecule has 0 unspecified atom stereocenters. The van der Waals surface area contributed by atoms with Gasteiger partial charge in [-0.1, -0.05) is 18.2 Å². The van der Waals surface area contributed by atoms with Crippen LogP contribution in [0.3, 0.4) is 0 Å². The normalized spacial score (nSPS) is 20.8. The van der Waals surface area contributed by atoms with Crippen molar-refractivity contribution in [3.8, 4) is 0 Å². The van der Waals surface area contributed by atoms with E-state index < -0.39 is 5.60 Å². The topological polar surface area (TPSA) is 110 Å². The average molecular weight is 524 g/mol. The maximum absolute atomic E-state index is 13.4. The molecule has 1 aliphatic carbocycles. The third-order valence-electron chi connectivity index (χ3n) is 7.91. The minimum absolute atomic E-state index is 0.0309. The molecule has 1 saturated heterocycles. The number of nitrogens with zero attached hydrogens (tertiary/aromatic N) is 2. The van der Waals surface area contributed by atoms with Crippen molar-refractivity contribution in [3.05, 3.63) is 35.9 Å². The minimum atomic E-state index is -0.484. The standard InChI is InChI=1S/C30H45N5O3/c1-30(2,3)38-29(37)33-20-23-10-8-22(9-11-23)19-32-28(36)25-18-27(34-26-7-5-4-6-24(25)26)35-16-13-21(12-15-31)14-17-35/h4-7,18,21-23H,8-17,19-20,31H2,1-3H3,(H,32,36)(H,33,37). The highest BCUT2D eigenvalue weighted by atomic mass is 16.6. The number of para-hydroxylation sites is 1. The number of benzene rings is 1. The van der Waals surface area contributed by atoms with E-state index in [4.69, 9.17) is 15.5 Å². The Bertz CT molecular complexity index is 1080. The molecule has 0 spiro atoms. The van der Waals surface area contributed by atoms with E-state index in [2.05, 4.69) is 15.5 Å². The monoisotopic (exact) mass is 523 g/mol. The van der Waals surface area contributed by atoms with Crippen LogP contribution in [0, 0.1) is 17.8 Å². The molecule has 2 aliphatic rings. The number of carbonyl (C=O) groups is 2. The second-order valence-electron chi connectivity index (χ2n) is 12.0. The van der Waals surface area contributed by atoms with Crippen LogP contribution in [0.25, 0.3) is 10.9 Å². The molecule has 8 heteroatoms. The lowest BCUT2D eigenvalue weighted by molar-refractivity contribution is 0.0512. The lowest BCUT2D eigenvalue weighted by Crippen LogP contribution is -2.37. The zero-order valence-corrected chi connectivity index (χ0v) is 23.3. The molecular weight excluding hydrogens is 478 g/mol. The van der Waals surface area contributed by atoms with Crippen molar-refractivity contribution < 1.29 is 14.3 Å². The Hall–Kier alpha value is -2.87. The number of fused-ring (bicyclic) bond motifs is 1. The van der Waals surface area contributed by atoms with Crippen LogP contribution in [-0.4, -0.2) is 55.3 Å². The Morgan fingerprint density at radius 3 is 2.24 bits per heavy atom. The zero-order chi connectivity index (χ0) is 27.1. The number of hydrogen-bond donors (Lipinski definition) is 3. The number of nitrogens with one attached hydrogen (secondary N) is 2. The number of rotatable bonds is 8. The van der Waals surface area contributed by atoms with Gasteiger partial charge in [0.15, 0.2) is 0 Å². The van der Waals surface area contributed by atoms with E-state index in [-0.39, 0.29) is 12.0 Å². The molecule has 0 bridgehead atoms. The van der Waals surface area contributed by atoms with E-state index >= 15 is 0 Å². The van der Waals surface area contributed by atoms with Gasteiger partial charge >= 0.3 is 6.09 Å². The SMILES string of the molecule is CC(C)(C)OC(=O)NCC1CCC(CNC(=O)c2cc(N3CCC(CCN)CC3)nc3ccccc23)CC1. The van der Waals surface area contributed by atoms with Gasteiger partial charge in [0.2, 0.25) is 0 Å². The van der Waals surface area contributed by atoms with Crippen molar-refractivity contribution in [1.82, 2.24) is 15.6 Å². The fourth-order valence-electron chi connectivity index (χ4n) is 5.71. The zero-order valence-electron chi connectivity index (χ0n) is 23.3. The Morgan fingerprint density at radius 2 is 1.61 bits per heavy atom. The molecule has 2 heterocycles. The van der Waals surface area contributed by atoms with Gasteiger partial charge in [-0.3, -0.25) is 4.79 Å². The average Bonchev–Trinajstić information content (AvgIpc) is 2.90. The van der Waals surface area contributed by atoms with Crippen LogP contribution >= 0.6 is 0 Å². The van der Waals surface area contributed by atoms with E-state index in [0.29, 0.717) is 36.4 Å². The van der Waals surface area contributed by atoms with Gasteiger partial charge in [0.1, 0.15) is 11.4 Å². The number of hydrogen-bond acceptors (Lipinski definition) is 6. The predicted octanol–water partition coefficient (Wildman–Crippen LogP) is 4.86. The molecule has 2 fully saturated rings. The van der Waals surface area contributed by atoms with Crippen molar-refractivity contribution in [2.45, 2.75) is 71.3 Å². The molecule has 38 heavy (non-hydrogen) atoms. The number of nitrogens with two attached hydrogens (primary N) is 1. The Kier molecular flexibility index (Phi) is 9.47. The van der Waals surface area contributed by atoms with Gasteiger partial charge in [-0.05, 0) is 102 Å². The maximum atomic E-state index is 13.4. The summed E-state index contributed by atoms with van der Waals surface area (Å²) in [6, 6.07) is 9.89. The summed E-state index contributed by atoms with van der Waals surface area (Å²) >= 11 is 0. The summed E-state index contributed by atoms with van der Waals surface area (Å²) < 4.78 is 5.34. The summed E-state index contributed by atoms with van der Waals surface area (Å²) in [6.45, 7) is 9.56. The first-order valence-corrected chi connectivity index (χ1v) is 14.3. The molecule has 4 rings (SSSR count). The Balaban J connectivity index is 1.31. The highest BCUT2D eigenvalue weighted by Gasteiger charge is 2.25. The largest absolute Gasteiger partial charge is 0.444 e. The number of amides is 2. The van der Waals surface area contributed by atoms with Gasteiger partial charge in [-0.15, -0.1) is 0 Å². The number of piperidine rings is 1. The Labute approximate surface area is 227 Å². The predicted molar refractivity (Wildman–Crippen MR) is 152 cm³/mol. The molecule has 2 amide bonds. The molecule has 0 radical (unpaired) electrons. The fraction of sp³-hybridized carbons (Fsp3) is 0.633. The van der Waals surface area contributed by atoms with Crippen LogP contribution in [0.1, 0.15) is 76.1 Å². The molecule has 4 N–H and O–H groups in total. The Morgan fingerprint density at radius 1 is 0.974 bits per heavy atom. The molecule has 1 aromatic heterocycles. The van der Waals surface area contributed by atoms with Crippen LogP contribution in [0.2, 0.25) is 0 Å². The summed E-state index contributed by atoms with van der Waals surface area (Å²) in [5, 5.41) is 7.02. The molecule has 0 atom stereocenters. The first-order valence-electron chi connectivity index (χ1n) is 14.3. The van der Waals surface area contributed by atoms with E-state index in [1.165, 1.54) is 0 Å². The smallest absolute Gasteiger partial charge is 0.407 e. The van der Waals surface area contributed by atoms with Crippen LogP contribution < -0.4 is 21.3 Å². The van der Waals surface area contributed by atoms with Gasteiger partial charge in [0.05, 0.1) is 11.1 Å². The highest BCUT2D eigenvalue weighted by Crippen LogP contribution is 2.30. The second-order valence-corrected chi connectivity index (χ2v) is 12.0. The number of pyridine rings is 1. The van der Waals surface area contributed by atoms with Crippen LogP contribution in [0.4, 0.5) is 10.6 Å². The van der Waals surface area contributed by atoms with E-state index in [1.807, 2.05) is 51.1 Å². The van der Waals surface area contributed by atoms with Gasteiger partial charge in [-0.25, -0.2) is 9.78 Å². The number of aromatic nitrogens is 1. The lowest BCUT2D eigenvalue weighted by atomic mass is 9.82. The van der Waals surface area contributed by atoms with Crippen LogP contribution in [0.15, 0.2) is 30.3 Å². The molecule has 1 aromatic carbocycles. The van der Waals surface area contributed by atoms with Crippen molar-refractivity contribution in [2.75, 3.05) is 37.6 Å². The molecule has 1 saturated carbocycles. The molecule has 208 valence electrons. The van der Waals surface area contributed by atoms with E-state index in [9.17, 15) is 9.59 Å². The van der Waals surface area contributed by atoms with Crippen LogP contribution in [-0.2, 0) is 4.74 Å². The first kappa shape index (κ1) is 28.1. The van der Waals surface area contributed by atoms with E-state index in [0.717, 1.165) is 81.3 Å². The van der Waals surface area contributed by atoms with Gasteiger partial charge in [0.25, 0.3) is 5.91 Å². The molecule has 2 aromatic rings. The van der Waals surface area contributed by atoms with Crippen molar-refractivity contribution >= 4 is 28.7 Å².